The van der Waals surface area contributed by atoms with Gasteiger partial charge in [0.2, 0.25) is 0 Å². The van der Waals surface area contributed by atoms with Gasteiger partial charge in [-0.25, -0.2) is 9.97 Å². The average molecular weight is 217 g/mol. The minimum absolute atomic E-state index is 0.745. The van der Waals surface area contributed by atoms with E-state index in [1.807, 2.05) is 30.8 Å². The number of aromatic nitrogens is 4. The lowest BCUT2D eigenvalue weighted by atomic mass is 10.3. The summed E-state index contributed by atoms with van der Waals surface area (Å²) in [5, 5.41) is 7.43. The summed E-state index contributed by atoms with van der Waals surface area (Å²) in [4.78, 5) is 8.38. The molecule has 84 valence electrons. The minimum atomic E-state index is 0.745. The topological polar surface area (TPSA) is 55.6 Å². The van der Waals surface area contributed by atoms with Gasteiger partial charge in [-0.2, -0.15) is 5.10 Å². The second-order valence-corrected chi connectivity index (χ2v) is 3.64. The second-order valence-electron chi connectivity index (χ2n) is 3.64. The van der Waals surface area contributed by atoms with Gasteiger partial charge in [0, 0.05) is 32.5 Å². The van der Waals surface area contributed by atoms with Crippen LogP contribution in [0.3, 0.4) is 0 Å². The van der Waals surface area contributed by atoms with Crippen LogP contribution in [0.25, 0.3) is 0 Å². The Balaban J connectivity index is 1.87. The van der Waals surface area contributed by atoms with Gasteiger partial charge < -0.3 is 5.32 Å². The zero-order valence-electron chi connectivity index (χ0n) is 9.51. The maximum atomic E-state index is 4.32. The normalized spacial score (nSPS) is 10.6. The van der Waals surface area contributed by atoms with Gasteiger partial charge in [0.15, 0.2) is 0 Å². The molecule has 0 saturated carbocycles. The zero-order chi connectivity index (χ0) is 11.4. The highest BCUT2D eigenvalue weighted by atomic mass is 15.3. The second kappa shape index (κ2) is 4.85. The van der Waals surface area contributed by atoms with E-state index in [0.29, 0.717) is 0 Å². The number of nitrogens with one attached hydrogen (secondary N) is 1. The summed E-state index contributed by atoms with van der Waals surface area (Å²) in [5.74, 6) is 0.805. The Morgan fingerprint density at radius 1 is 1.25 bits per heavy atom. The van der Waals surface area contributed by atoms with Gasteiger partial charge in [-0.1, -0.05) is 0 Å². The minimum Gasteiger partial charge on any atom is -0.306 e. The molecule has 0 amide bonds. The van der Waals surface area contributed by atoms with Crippen molar-refractivity contribution in [1.82, 2.24) is 25.1 Å². The molecule has 2 aromatic rings. The molecule has 0 aliphatic rings. The Bertz CT molecular complexity index is 463. The molecule has 0 spiro atoms. The van der Waals surface area contributed by atoms with Crippen molar-refractivity contribution >= 4 is 0 Å². The van der Waals surface area contributed by atoms with Gasteiger partial charge in [-0.3, -0.25) is 4.68 Å². The molecule has 16 heavy (non-hydrogen) atoms. The molecule has 0 aromatic carbocycles. The first-order valence-corrected chi connectivity index (χ1v) is 5.22. The van der Waals surface area contributed by atoms with E-state index >= 15 is 0 Å². The molecule has 0 atom stereocenters. The molecule has 0 fully saturated rings. The predicted octanol–water partition coefficient (Wildman–Crippen LogP) is 0.808. The highest BCUT2D eigenvalue weighted by Crippen LogP contribution is 1.97. The Morgan fingerprint density at radius 3 is 2.81 bits per heavy atom. The van der Waals surface area contributed by atoms with Crippen molar-refractivity contribution in [2.24, 2.45) is 7.05 Å². The highest BCUT2D eigenvalue weighted by molar-refractivity contribution is 5.03. The van der Waals surface area contributed by atoms with Crippen molar-refractivity contribution in [1.29, 1.82) is 0 Å². The lowest BCUT2D eigenvalue weighted by Gasteiger charge is -2.05. The fraction of sp³-hybridized carbons (Fsp3) is 0.364. The van der Waals surface area contributed by atoms with Crippen molar-refractivity contribution in [3.63, 3.8) is 0 Å². The molecule has 0 aliphatic heterocycles. The third kappa shape index (κ3) is 2.64. The van der Waals surface area contributed by atoms with Crippen molar-refractivity contribution in [2.45, 2.75) is 20.0 Å². The summed E-state index contributed by atoms with van der Waals surface area (Å²) in [6, 6.07) is 3.92. The number of rotatable bonds is 4. The van der Waals surface area contributed by atoms with Gasteiger partial charge in [0.1, 0.15) is 5.82 Å². The van der Waals surface area contributed by atoms with Crippen LogP contribution in [0.1, 0.15) is 17.2 Å². The quantitative estimate of drug-likeness (QED) is 0.823. The predicted molar refractivity (Wildman–Crippen MR) is 60.5 cm³/mol. The van der Waals surface area contributed by atoms with Crippen LogP contribution in [0.5, 0.6) is 0 Å². The number of hydrogen-bond donors (Lipinski definition) is 1. The molecule has 2 rings (SSSR count). The van der Waals surface area contributed by atoms with Crippen molar-refractivity contribution < 1.29 is 0 Å². The van der Waals surface area contributed by atoms with E-state index in [0.717, 1.165) is 30.3 Å². The summed E-state index contributed by atoms with van der Waals surface area (Å²) in [6.07, 6.45) is 3.58. The summed E-state index contributed by atoms with van der Waals surface area (Å²) >= 11 is 0. The van der Waals surface area contributed by atoms with E-state index in [1.165, 1.54) is 0 Å². The molecule has 5 nitrogen and oxygen atoms in total. The van der Waals surface area contributed by atoms with E-state index in [-0.39, 0.29) is 0 Å². The average Bonchev–Trinajstić information content (AvgIpc) is 2.65. The van der Waals surface area contributed by atoms with Crippen LogP contribution < -0.4 is 5.32 Å². The fourth-order valence-electron chi connectivity index (χ4n) is 1.50. The van der Waals surface area contributed by atoms with Gasteiger partial charge >= 0.3 is 0 Å². The Morgan fingerprint density at radius 2 is 2.12 bits per heavy atom. The van der Waals surface area contributed by atoms with E-state index in [1.54, 1.807) is 12.4 Å². The third-order valence-electron chi connectivity index (χ3n) is 2.37. The standard InChI is InChI=1S/C11H15N5/c1-9-13-5-3-10(15-9)7-12-8-11-4-6-14-16(11)2/h3-6,12H,7-8H2,1-2H3. The molecular weight excluding hydrogens is 202 g/mol. The van der Waals surface area contributed by atoms with Gasteiger partial charge in [0.25, 0.3) is 0 Å². The molecule has 2 heterocycles. The van der Waals surface area contributed by atoms with Gasteiger partial charge in [-0.05, 0) is 19.1 Å². The van der Waals surface area contributed by atoms with E-state index in [2.05, 4.69) is 20.4 Å². The summed E-state index contributed by atoms with van der Waals surface area (Å²) < 4.78 is 1.86. The first kappa shape index (κ1) is 10.8. The fourth-order valence-corrected chi connectivity index (χ4v) is 1.50. The molecule has 1 N–H and O–H groups in total. The molecule has 2 aromatic heterocycles. The van der Waals surface area contributed by atoms with Gasteiger partial charge in [0.05, 0.1) is 11.4 Å². The van der Waals surface area contributed by atoms with E-state index < -0.39 is 0 Å². The van der Waals surface area contributed by atoms with Crippen LogP contribution >= 0.6 is 0 Å². The van der Waals surface area contributed by atoms with Crippen LogP contribution in [0.15, 0.2) is 24.5 Å². The molecule has 0 bridgehead atoms. The third-order valence-corrected chi connectivity index (χ3v) is 2.37. The highest BCUT2D eigenvalue weighted by Gasteiger charge is 1.99. The number of hydrogen-bond acceptors (Lipinski definition) is 4. The van der Waals surface area contributed by atoms with Crippen LogP contribution in [0.2, 0.25) is 0 Å². The summed E-state index contributed by atoms with van der Waals surface area (Å²) in [6.45, 7) is 3.43. The first-order valence-electron chi connectivity index (χ1n) is 5.22. The van der Waals surface area contributed by atoms with Crippen LogP contribution in [0, 0.1) is 6.92 Å². The Kier molecular flexibility index (Phi) is 3.26. The van der Waals surface area contributed by atoms with Crippen molar-refractivity contribution in [3.05, 3.63) is 41.7 Å². The Hall–Kier alpha value is -1.75. The van der Waals surface area contributed by atoms with Gasteiger partial charge in [-0.15, -0.1) is 0 Å². The summed E-state index contributed by atoms with van der Waals surface area (Å²) in [7, 11) is 1.94. The number of aryl methyl sites for hydroxylation is 2. The SMILES string of the molecule is Cc1nccc(CNCc2ccnn2C)n1. The molecule has 0 saturated heterocycles. The van der Waals surface area contributed by atoms with Crippen LogP contribution in [0.4, 0.5) is 0 Å². The molecule has 0 unspecified atom stereocenters. The van der Waals surface area contributed by atoms with E-state index in [9.17, 15) is 0 Å². The maximum absolute atomic E-state index is 4.32. The van der Waals surface area contributed by atoms with Crippen molar-refractivity contribution in [2.75, 3.05) is 0 Å². The molecule has 0 aliphatic carbocycles. The smallest absolute Gasteiger partial charge is 0.125 e. The molecular formula is C11H15N5. The van der Waals surface area contributed by atoms with Crippen LogP contribution in [-0.2, 0) is 20.1 Å². The first-order chi connectivity index (χ1) is 7.75. The zero-order valence-corrected chi connectivity index (χ0v) is 9.51. The van der Waals surface area contributed by atoms with Crippen LogP contribution in [-0.4, -0.2) is 19.7 Å². The number of nitrogens with zero attached hydrogens (tertiary/aromatic N) is 4. The maximum Gasteiger partial charge on any atom is 0.125 e. The largest absolute Gasteiger partial charge is 0.306 e. The lowest BCUT2D eigenvalue weighted by molar-refractivity contribution is 0.618. The molecule has 0 radical (unpaired) electrons. The summed E-state index contributed by atoms with van der Waals surface area (Å²) in [5.41, 5.74) is 2.17. The van der Waals surface area contributed by atoms with E-state index in [4.69, 9.17) is 0 Å². The molecule has 5 heteroatoms. The monoisotopic (exact) mass is 217 g/mol. The Labute approximate surface area is 94.5 Å². The lowest BCUT2D eigenvalue weighted by Crippen LogP contribution is -2.16. The van der Waals surface area contributed by atoms with Crippen molar-refractivity contribution in [3.8, 4) is 0 Å².